The molecule has 2 aromatic rings. The molecule has 4 unspecified atom stereocenters. The zero-order chi connectivity index (χ0) is 25.8. The molecule has 0 heterocycles. The van der Waals surface area contributed by atoms with Crippen molar-refractivity contribution in [2.45, 2.75) is 72.9 Å². The average Bonchev–Trinajstić information content (AvgIpc) is 2.78. The molecular weight excluding hydrogens is 490 g/mol. The Morgan fingerprint density at radius 2 is 1.83 bits per heavy atom. The molecule has 2 aromatic carbocycles. The van der Waals surface area contributed by atoms with Crippen LogP contribution in [-0.4, -0.2) is 25.7 Å². The first-order valence-corrected chi connectivity index (χ1v) is 13.5. The Hall–Kier alpha value is -2.08. The summed E-state index contributed by atoms with van der Waals surface area (Å²) in [6.45, 7) is 8.70. The minimum Gasteiger partial charge on any atom is -0.449 e. The Bertz CT molecular complexity index is 982. The molecule has 0 radical (unpaired) electrons. The normalized spacial score (nSPS) is 13.5. The van der Waals surface area contributed by atoms with E-state index in [0.29, 0.717) is 17.1 Å². The van der Waals surface area contributed by atoms with Crippen LogP contribution in [0, 0.1) is 6.92 Å². The van der Waals surface area contributed by atoms with Crippen molar-refractivity contribution < 1.29 is 36.9 Å². The van der Waals surface area contributed by atoms with E-state index in [9.17, 15) is 9.36 Å². The maximum absolute atomic E-state index is 12.6. The Labute approximate surface area is 210 Å². The molecule has 0 aromatic heterocycles. The van der Waals surface area contributed by atoms with Crippen LogP contribution >= 0.6 is 17.3 Å². The second-order valence-corrected chi connectivity index (χ2v) is 9.44. The predicted octanol–water partition coefficient (Wildman–Crippen LogP) is 7.25. The van der Waals surface area contributed by atoms with Gasteiger partial charge in [0.25, 0.3) is 0 Å². The number of ether oxygens (including phenoxy) is 2. The topological polar surface area (TPSA) is 89.5 Å². The van der Waals surface area contributed by atoms with Gasteiger partial charge in [0.2, 0.25) is 27.4 Å². The van der Waals surface area contributed by atoms with Gasteiger partial charge in [-0.1, -0.05) is 54.1 Å². The van der Waals surface area contributed by atoms with Crippen molar-refractivity contribution >= 4 is 23.3 Å². The number of hydrogen-bond acceptors (Lipinski definition) is 8. The second-order valence-electron chi connectivity index (χ2n) is 8.00. The molecule has 8 nitrogen and oxygen atoms in total. The first-order valence-electron chi connectivity index (χ1n) is 11.6. The third kappa shape index (κ3) is 10.2. The quantitative estimate of drug-likeness (QED) is 0.104. The lowest BCUT2D eigenvalue weighted by Gasteiger charge is -2.17. The molecule has 0 aliphatic carbocycles. The van der Waals surface area contributed by atoms with Gasteiger partial charge in [0.1, 0.15) is 5.75 Å². The maximum atomic E-state index is 12.6. The number of hydrogen-bond donors (Lipinski definition) is 0. The summed E-state index contributed by atoms with van der Waals surface area (Å²) in [4.78, 5) is 11.2. The summed E-state index contributed by atoms with van der Waals surface area (Å²) in [5, 5.41) is 0. The van der Waals surface area contributed by atoms with Crippen LogP contribution in [0.1, 0.15) is 58.1 Å². The molecule has 10 heteroatoms. The lowest BCUT2D eigenvalue weighted by atomic mass is 9.98. The minimum absolute atomic E-state index is 0.377. The van der Waals surface area contributed by atoms with Gasteiger partial charge < -0.3 is 14.0 Å². The van der Waals surface area contributed by atoms with Crippen molar-refractivity contribution in [3.8, 4) is 22.6 Å². The first kappa shape index (κ1) is 29.2. The van der Waals surface area contributed by atoms with E-state index < -0.39 is 35.8 Å². The number of carbonyl (C=O) groups is 1. The zero-order valence-electron chi connectivity index (χ0n) is 21.2. The van der Waals surface area contributed by atoms with E-state index in [2.05, 4.69) is 6.92 Å². The summed E-state index contributed by atoms with van der Waals surface area (Å²) in [6, 6.07) is 11.6. The van der Waals surface area contributed by atoms with E-state index in [1.54, 1.807) is 13.8 Å². The SMILES string of the molecule is CCCCCc1cc(OPOC(C)OC(C)=O)c(-c2cccc(C)c2)c(O[P+](=O)OC(C)OC)c1. The van der Waals surface area contributed by atoms with E-state index in [1.807, 2.05) is 43.3 Å². The van der Waals surface area contributed by atoms with Crippen LogP contribution in [0.25, 0.3) is 11.1 Å². The molecule has 0 N–H and O–H groups in total. The number of rotatable bonds is 15. The highest BCUT2D eigenvalue weighted by Gasteiger charge is 2.30. The van der Waals surface area contributed by atoms with E-state index in [4.69, 9.17) is 27.6 Å². The van der Waals surface area contributed by atoms with E-state index in [1.165, 1.54) is 14.0 Å². The zero-order valence-corrected chi connectivity index (χ0v) is 23.1. The summed E-state index contributed by atoms with van der Waals surface area (Å²) < 4.78 is 45.3. The third-order valence-electron chi connectivity index (χ3n) is 4.94. The molecule has 0 aliphatic rings. The molecule has 0 spiro atoms. The molecule has 35 heavy (non-hydrogen) atoms. The molecule has 0 saturated heterocycles. The molecular formula is C25H35O8P2+. The highest BCUT2D eigenvalue weighted by molar-refractivity contribution is 7.33. The molecule has 2 rings (SSSR count). The lowest BCUT2D eigenvalue weighted by molar-refractivity contribution is -0.157. The fourth-order valence-corrected chi connectivity index (χ4v) is 4.42. The van der Waals surface area contributed by atoms with Gasteiger partial charge in [-0.05, 0) is 56.9 Å². The summed E-state index contributed by atoms with van der Waals surface area (Å²) >= 11 is 0. The highest BCUT2D eigenvalue weighted by atomic mass is 31.1. The molecule has 4 atom stereocenters. The second kappa shape index (κ2) is 15.1. The van der Waals surface area contributed by atoms with Gasteiger partial charge in [0.15, 0.2) is 0 Å². The van der Waals surface area contributed by atoms with Crippen molar-refractivity contribution in [3.05, 3.63) is 47.5 Å². The van der Waals surface area contributed by atoms with Gasteiger partial charge in [-0.25, -0.2) is 4.52 Å². The van der Waals surface area contributed by atoms with Gasteiger partial charge in [-0.2, -0.15) is 0 Å². The number of carbonyl (C=O) groups excluding carboxylic acids is 1. The van der Waals surface area contributed by atoms with Crippen molar-refractivity contribution in [3.63, 3.8) is 0 Å². The number of esters is 1. The molecule has 0 amide bonds. The van der Waals surface area contributed by atoms with Crippen LogP contribution in [0.4, 0.5) is 0 Å². The van der Waals surface area contributed by atoms with Crippen molar-refractivity contribution in [1.29, 1.82) is 0 Å². The predicted molar refractivity (Wildman–Crippen MR) is 137 cm³/mol. The monoisotopic (exact) mass is 525 g/mol. The highest BCUT2D eigenvalue weighted by Crippen LogP contribution is 2.45. The third-order valence-corrected chi connectivity index (χ3v) is 6.48. The van der Waals surface area contributed by atoms with Crippen LogP contribution in [-0.2, 0) is 34.3 Å². The first-order chi connectivity index (χ1) is 16.7. The van der Waals surface area contributed by atoms with Crippen molar-refractivity contribution in [1.82, 2.24) is 0 Å². The van der Waals surface area contributed by atoms with Gasteiger partial charge in [0.05, 0.1) is 5.56 Å². The van der Waals surface area contributed by atoms with Gasteiger partial charge in [-0.15, -0.1) is 0 Å². The van der Waals surface area contributed by atoms with E-state index >= 15 is 0 Å². The Morgan fingerprint density at radius 1 is 1.09 bits per heavy atom. The fourth-order valence-electron chi connectivity index (χ4n) is 3.27. The Morgan fingerprint density at radius 3 is 2.49 bits per heavy atom. The van der Waals surface area contributed by atoms with Crippen LogP contribution in [0.5, 0.6) is 11.5 Å². The number of methoxy groups -OCH3 is 1. The standard InChI is InChI=1S/C25H35O8P2/c1-7-8-9-12-21-15-23(31-34-30-20(5)29-18(3)26)25(22-13-10-11-17(2)14-22)24(16-21)33-35(27)32-19(4)28-6/h10-11,13-16,19-20,34H,7-9,12H2,1-6H3/q+1. The molecule has 0 aliphatic heterocycles. The molecule has 0 saturated carbocycles. The largest absolute Gasteiger partial charge is 0.752 e. The maximum Gasteiger partial charge on any atom is 0.752 e. The van der Waals surface area contributed by atoms with Crippen molar-refractivity contribution in [2.75, 3.05) is 7.11 Å². The lowest BCUT2D eigenvalue weighted by Crippen LogP contribution is -2.12. The molecule has 0 fully saturated rings. The number of benzene rings is 2. The van der Waals surface area contributed by atoms with Gasteiger partial charge in [-0.3, -0.25) is 9.32 Å². The van der Waals surface area contributed by atoms with Crippen LogP contribution in [0.2, 0.25) is 0 Å². The Balaban J connectivity index is 2.45. The minimum atomic E-state index is -2.51. The summed E-state index contributed by atoms with van der Waals surface area (Å²) in [7, 11) is -1.49. The Kier molecular flexibility index (Phi) is 12.6. The van der Waals surface area contributed by atoms with Gasteiger partial charge in [0, 0.05) is 18.6 Å². The number of aryl methyl sites for hydroxylation is 2. The van der Waals surface area contributed by atoms with E-state index in [-0.39, 0.29) is 0 Å². The van der Waals surface area contributed by atoms with Crippen LogP contribution in [0.3, 0.4) is 0 Å². The van der Waals surface area contributed by atoms with Crippen LogP contribution in [0.15, 0.2) is 36.4 Å². The van der Waals surface area contributed by atoms with Crippen LogP contribution < -0.4 is 9.05 Å². The fraction of sp³-hybridized carbons (Fsp3) is 0.480. The summed E-state index contributed by atoms with van der Waals surface area (Å²) in [6.07, 6.45) is 2.52. The molecule has 192 valence electrons. The van der Waals surface area contributed by atoms with E-state index in [0.717, 1.165) is 42.4 Å². The number of unbranched alkanes of at least 4 members (excludes halogenated alkanes) is 2. The smallest absolute Gasteiger partial charge is 0.449 e. The van der Waals surface area contributed by atoms with Crippen molar-refractivity contribution in [2.24, 2.45) is 0 Å². The summed E-state index contributed by atoms with van der Waals surface area (Å²) in [5.74, 6) is 0.448. The summed E-state index contributed by atoms with van der Waals surface area (Å²) in [5.41, 5.74) is 3.47. The average molecular weight is 525 g/mol. The van der Waals surface area contributed by atoms with Gasteiger partial charge >= 0.3 is 14.2 Å². The molecule has 0 bridgehead atoms.